The zero-order valence-corrected chi connectivity index (χ0v) is 15.0. The number of rotatable bonds is 4. The molecular formula is C22H21NO3. The van der Waals surface area contributed by atoms with Crippen molar-refractivity contribution in [3.8, 4) is 11.5 Å². The maximum absolute atomic E-state index is 6.25. The summed E-state index contributed by atoms with van der Waals surface area (Å²) in [5.74, 6) is 3.47. The molecule has 2 aromatic carbocycles. The van der Waals surface area contributed by atoms with Crippen molar-refractivity contribution in [1.29, 1.82) is 0 Å². The summed E-state index contributed by atoms with van der Waals surface area (Å²) in [6.45, 7) is 2.82. The Morgan fingerprint density at radius 3 is 2.69 bits per heavy atom. The quantitative estimate of drug-likeness (QED) is 0.653. The largest absolute Gasteiger partial charge is 0.497 e. The van der Waals surface area contributed by atoms with Gasteiger partial charge >= 0.3 is 0 Å². The molecule has 4 nitrogen and oxygen atoms in total. The molecule has 1 saturated carbocycles. The van der Waals surface area contributed by atoms with E-state index in [4.69, 9.17) is 13.9 Å². The van der Waals surface area contributed by atoms with E-state index >= 15 is 0 Å². The molecule has 26 heavy (non-hydrogen) atoms. The van der Waals surface area contributed by atoms with Crippen molar-refractivity contribution in [3.63, 3.8) is 0 Å². The molecule has 3 aromatic rings. The lowest BCUT2D eigenvalue weighted by Gasteiger charge is -2.31. The van der Waals surface area contributed by atoms with Crippen LogP contribution in [0.4, 0.5) is 5.69 Å². The van der Waals surface area contributed by atoms with Gasteiger partial charge in [0.25, 0.3) is 0 Å². The van der Waals surface area contributed by atoms with E-state index in [-0.39, 0.29) is 0 Å². The van der Waals surface area contributed by atoms with Gasteiger partial charge in [-0.15, -0.1) is 0 Å². The topological polar surface area (TPSA) is 34.8 Å². The minimum Gasteiger partial charge on any atom is -0.497 e. The first-order valence-electron chi connectivity index (χ1n) is 9.04. The van der Waals surface area contributed by atoms with Crippen molar-refractivity contribution in [2.75, 3.05) is 18.6 Å². The van der Waals surface area contributed by atoms with Crippen LogP contribution in [0.2, 0.25) is 0 Å². The molecule has 0 unspecified atom stereocenters. The van der Waals surface area contributed by atoms with Gasteiger partial charge in [0.15, 0.2) is 0 Å². The SMILES string of the molecule is COc1ccc2c(c1)N(C1CC1)CC=C2Oc1ccc2cc(C)oc2c1. The molecule has 0 saturated heterocycles. The van der Waals surface area contributed by atoms with Crippen molar-refractivity contribution in [3.05, 3.63) is 59.9 Å². The summed E-state index contributed by atoms with van der Waals surface area (Å²) in [4.78, 5) is 2.45. The number of furan rings is 1. The summed E-state index contributed by atoms with van der Waals surface area (Å²) in [5, 5.41) is 1.09. The molecule has 0 amide bonds. The summed E-state index contributed by atoms with van der Waals surface area (Å²) in [7, 11) is 1.71. The Kier molecular flexibility index (Phi) is 3.45. The number of hydrogen-bond acceptors (Lipinski definition) is 4. The third kappa shape index (κ3) is 2.62. The first-order valence-corrected chi connectivity index (χ1v) is 9.04. The van der Waals surface area contributed by atoms with Crippen LogP contribution in [0.1, 0.15) is 24.2 Å². The highest BCUT2D eigenvalue weighted by Crippen LogP contribution is 2.41. The number of anilines is 1. The van der Waals surface area contributed by atoms with E-state index in [1.54, 1.807) is 7.11 Å². The van der Waals surface area contributed by atoms with Crippen LogP contribution in [-0.4, -0.2) is 19.7 Å². The number of ether oxygens (including phenoxy) is 2. The fourth-order valence-electron chi connectivity index (χ4n) is 3.64. The van der Waals surface area contributed by atoms with Crippen LogP contribution in [0.3, 0.4) is 0 Å². The monoisotopic (exact) mass is 347 g/mol. The van der Waals surface area contributed by atoms with E-state index in [0.29, 0.717) is 6.04 Å². The third-order valence-corrected chi connectivity index (χ3v) is 5.08. The molecule has 1 fully saturated rings. The predicted molar refractivity (Wildman–Crippen MR) is 103 cm³/mol. The van der Waals surface area contributed by atoms with Gasteiger partial charge in [0, 0.05) is 35.7 Å². The summed E-state index contributed by atoms with van der Waals surface area (Å²) < 4.78 is 17.4. The first-order chi connectivity index (χ1) is 12.7. The van der Waals surface area contributed by atoms with Gasteiger partial charge in [-0.3, -0.25) is 0 Å². The summed E-state index contributed by atoms with van der Waals surface area (Å²) in [6, 6.07) is 14.9. The molecule has 0 bridgehead atoms. The molecule has 1 aliphatic heterocycles. The van der Waals surface area contributed by atoms with Crippen molar-refractivity contribution in [1.82, 2.24) is 0 Å². The molecule has 0 atom stereocenters. The van der Waals surface area contributed by atoms with Crippen LogP contribution >= 0.6 is 0 Å². The average Bonchev–Trinajstić information content (AvgIpc) is 3.42. The highest BCUT2D eigenvalue weighted by molar-refractivity contribution is 5.82. The molecule has 2 aliphatic rings. The summed E-state index contributed by atoms with van der Waals surface area (Å²) >= 11 is 0. The lowest BCUT2D eigenvalue weighted by Crippen LogP contribution is -2.30. The van der Waals surface area contributed by atoms with E-state index < -0.39 is 0 Å². The van der Waals surface area contributed by atoms with Crippen molar-refractivity contribution >= 4 is 22.4 Å². The molecular weight excluding hydrogens is 326 g/mol. The summed E-state index contributed by atoms with van der Waals surface area (Å²) in [5.41, 5.74) is 3.16. The predicted octanol–water partition coefficient (Wildman–Crippen LogP) is 5.15. The van der Waals surface area contributed by atoms with Crippen LogP contribution in [0.15, 0.2) is 53.0 Å². The third-order valence-electron chi connectivity index (χ3n) is 5.08. The van der Waals surface area contributed by atoms with Gasteiger partial charge in [0.2, 0.25) is 0 Å². The molecule has 0 N–H and O–H groups in total. The van der Waals surface area contributed by atoms with Gasteiger partial charge < -0.3 is 18.8 Å². The smallest absolute Gasteiger partial charge is 0.137 e. The Morgan fingerprint density at radius 2 is 1.88 bits per heavy atom. The molecule has 1 aliphatic carbocycles. The minimum absolute atomic E-state index is 0.640. The Morgan fingerprint density at radius 1 is 1.04 bits per heavy atom. The molecule has 5 rings (SSSR count). The van der Waals surface area contributed by atoms with Crippen molar-refractivity contribution in [2.24, 2.45) is 0 Å². The standard InChI is InChI=1S/C22H21NO3/c1-14-11-15-3-6-18(13-22(15)25-14)26-21-9-10-23(16-4-5-16)20-12-17(24-2)7-8-19(20)21/h3,6-9,11-13,16H,4-5,10H2,1-2H3. The second-order valence-electron chi connectivity index (χ2n) is 6.99. The normalized spacial score (nSPS) is 16.4. The minimum atomic E-state index is 0.640. The van der Waals surface area contributed by atoms with E-state index in [9.17, 15) is 0 Å². The lowest BCUT2D eigenvalue weighted by molar-refractivity contribution is 0.414. The van der Waals surface area contributed by atoms with Crippen molar-refractivity contribution < 1.29 is 13.9 Å². The molecule has 4 heteroatoms. The Labute approximate surface area is 152 Å². The Bertz CT molecular complexity index is 1010. The lowest BCUT2D eigenvalue weighted by atomic mass is 10.0. The van der Waals surface area contributed by atoms with Gasteiger partial charge in [-0.2, -0.15) is 0 Å². The highest BCUT2D eigenvalue weighted by Gasteiger charge is 2.33. The van der Waals surface area contributed by atoms with E-state index in [2.05, 4.69) is 23.1 Å². The molecule has 1 aromatic heterocycles. The molecule has 0 radical (unpaired) electrons. The Hall–Kier alpha value is -2.88. The van der Waals surface area contributed by atoms with Crippen LogP contribution in [-0.2, 0) is 0 Å². The maximum atomic E-state index is 6.25. The van der Waals surface area contributed by atoms with Gasteiger partial charge in [-0.1, -0.05) is 0 Å². The summed E-state index contributed by atoms with van der Waals surface area (Å²) in [6.07, 6.45) is 4.69. The second kappa shape index (κ2) is 5.84. The molecule has 0 spiro atoms. The maximum Gasteiger partial charge on any atom is 0.137 e. The number of aryl methyl sites for hydroxylation is 1. The zero-order valence-electron chi connectivity index (χ0n) is 15.0. The second-order valence-corrected chi connectivity index (χ2v) is 6.99. The number of nitrogens with zero attached hydrogens (tertiary/aromatic N) is 1. The fraction of sp³-hybridized carbons (Fsp3) is 0.273. The van der Waals surface area contributed by atoms with Gasteiger partial charge in [-0.25, -0.2) is 0 Å². The number of hydrogen-bond donors (Lipinski definition) is 0. The molecule has 2 heterocycles. The zero-order chi connectivity index (χ0) is 17.7. The number of benzene rings is 2. The van der Waals surface area contributed by atoms with Crippen LogP contribution in [0.25, 0.3) is 16.7 Å². The van der Waals surface area contributed by atoms with Crippen molar-refractivity contribution in [2.45, 2.75) is 25.8 Å². The van der Waals surface area contributed by atoms with E-state index in [1.807, 2.05) is 37.3 Å². The average molecular weight is 347 g/mol. The number of fused-ring (bicyclic) bond motifs is 2. The van der Waals surface area contributed by atoms with Gasteiger partial charge in [0.1, 0.15) is 28.6 Å². The van der Waals surface area contributed by atoms with Crippen LogP contribution in [0, 0.1) is 6.92 Å². The molecule has 132 valence electrons. The van der Waals surface area contributed by atoms with Gasteiger partial charge in [0.05, 0.1) is 12.8 Å². The first kappa shape index (κ1) is 15.4. The van der Waals surface area contributed by atoms with Crippen LogP contribution < -0.4 is 14.4 Å². The van der Waals surface area contributed by atoms with E-state index in [1.165, 1.54) is 18.5 Å². The Balaban J connectivity index is 1.50. The van der Waals surface area contributed by atoms with Gasteiger partial charge in [-0.05, 0) is 56.2 Å². The van der Waals surface area contributed by atoms with Crippen LogP contribution in [0.5, 0.6) is 11.5 Å². The van der Waals surface area contributed by atoms with E-state index in [0.717, 1.165) is 46.1 Å². The highest BCUT2D eigenvalue weighted by atomic mass is 16.5. The fourth-order valence-corrected chi connectivity index (χ4v) is 3.64. The number of methoxy groups -OCH3 is 1.